The number of rotatable bonds is 3. The van der Waals surface area contributed by atoms with Crippen molar-refractivity contribution in [3.05, 3.63) is 24.3 Å². The van der Waals surface area contributed by atoms with Gasteiger partial charge in [-0.3, -0.25) is 9.97 Å². The fraction of sp³-hybridized carbons (Fsp3) is 0.556. The fourth-order valence-corrected chi connectivity index (χ4v) is 1.05. The second-order valence-corrected chi connectivity index (χ2v) is 3.28. The molecule has 1 aromatic rings. The summed E-state index contributed by atoms with van der Waals surface area (Å²) in [6, 6.07) is 0. The van der Waals surface area contributed by atoms with E-state index in [1.54, 1.807) is 18.6 Å². The summed E-state index contributed by atoms with van der Waals surface area (Å²) in [5, 5.41) is 9.59. The van der Waals surface area contributed by atoms with Crippen molar-refractivity contribution in [1.82, 2.24) is 9.97 Å². The maximum absolute atomic E-state index is 9.59. The van der Waals surface area contributed by atoms with Crippen molar-refractivity contribution in [2.24, 2.45) is 5.92 Å². The minimum Gasteiger partial charge on any atom is -0.387 e. The number of aliphatic hydroxyl groups is 1. The van der Waals surface area contributed by atoms with Gasteiger partial charge in [0.05, 0.1) is 18.0 Å². The lowest BCUT2D eigenvalue weighted by Crippen LogP contribution is -2.04. The van der Waals surface area contributed by atoms with Crippen molar-refractivity contribution in [2.75, 3.05) is 0 Å². The van der Waals surface area contributed by atoms with E-state index in [1.165, 1.54) is 0 Å². The minimum atomic E-state index is -0.473. The molecule has 1 heterocycles. The molecule has 0 aliphatic carbocycles. The number of hydrogen-bond acceptors (Lipinski definition) is 3. The predicted molar refractivity (Wildman–Crippen MR) is 46.4 cm³/mol. The molecule has 0 saturated heterocycles. The fourth-order valence-electron chi connectivity index (χ4n) is 1.05. The summed E-state index contributed by atoms with van der Waals surface area (Å²) in [6.07, 6.45) is 5.06. The van der Waals surface area contributed by atoms with Crippen LogP contribution in [0.1, 0.15) is 32.1 Å². The van der Waals surface area contributed by atoms with Crippen LogP contribution in [0.4, 0.5) is 0 Å². The van der Waals surface area contributed by atoms with E-state index in [1.807, 2.05) is 0 Å². The van der Waals surface area contributed by atoms with Gasteiger partial charge in [0.2, 0.25) is 0 Å². The first-order valence-electron chi connectivity index (χ1n) is 4.14. The molecular weight excluding hydrogens is 152 g/mol. The van der Waals surface area contributed by atoms with Crippen LogP contribution in [-0.2, 0) is 0 Å². The van der Waals surface area contributed by atoms with Gasteiger partial charge in [-0.25, -0.2) is 0 Å². The molecule has 0 aliphatic rings. The summed E-state index contributed by atoms with van der Waals surface area (Å²) in [4.78, 5) is 7.91. The van der Waals surface area contributed by atoms with E-state index >= 15 is 0 Å². The van der Waals surface area contributed by atoms with Gasteiger partial charge >= 0.3 is 0 Å². The Hall–Kier alpha value is -0.960. The van der Waals surface area contributed by atoms with E-state index in [-0.39, 0.29) is 0 Å². The Morgan fingerprint density at radius 3 is 2.67 bits per heavy atom. The molecule has 0 aliphatic heterocycles. The molecule has 1 aromatic heterocycles. The van der Waals surface area contributed by atoms with Crippen molar-refractivity contribution in [3.63, 3.8) is 0 Å². The number of hydrogen-bond donors (Lipinski definition) is 1. The molecule has 0 aromatic carbocycles. The SMILES string of the molecule is CC(C)CC(O)c1cnccn1. The van der Waals surface area contributed by atoms with Gasteiger partial charge in [-0.05, 0) is 12.3 Å². The van der Waals surface area contributed by atoms with E-state index in [9.17, 15) is 5.11 Å². The zero-order chi connectivity index (χ0) is 8.97. The Morgan fingerprint density at radius 2 is 2.17 bits per heavy atom. The Bertz CT molecular complexity index is 223. The van der Waals surface area contributed by atoms with E-state index in [4.69, 9.17) is 0 Å². The van der Waals surface area contributed by atoms with E-state index in [0.717, 1.165) is 6.42 Å². The van der Waals surface area contributed by atoms with E-state index in [2.05, 4.69) is 23.8 Å². The Labute approximate surface area is 72.5 Å². The lowest BCUT2D eigenvalue weighted by Gasteiger charge is -2.11. The molecule has 66 valence electrons. The highest BCUT2D eigenvalue weighted by atomic mass is 16.3. The molecule has 1 atom stereocenters. The van der Waals surface area contributed by atoms with Crippen LogP contribution >= 0.6 is 0 Å². The first-order valence-corrected chi connectivity index (χ1v) is 4.14. The standard InChI is InChI=1S/C9H14N2O/c1-7(2)5-9(12)8-6-10-3-4-11-8/h3-4,6-7,9,12H,5H2,1-2H3. The first-order chi connectivity index (χ1) is 5.70. The monoisotopic (exact) mass is 166 g/mol. The van der Waals surface area contributed by atoms with Crippen LogP contribution < -0.4 is 0 Å². The molecular formula is C9H14N2O. The highest BCUT2D eigenvalue weighted by molar-refractivity contribution is 4.98. The maximum Gasteiger partial charge on any atom is 0.0977 e. The largest absolute Gasteiger partial charge is 0.387 e. The van der Waals surface area contributed by atoms with Crippen molar-refractivity contribution >= 4 is 0 Å². The first kappa shape index (κ1) is 9.13. The minimum absolute atomic E-state index is 0.473. The van der Waals surface area contributed by atoms with Crippen molar-refractivity contribution < 1.29 is 5.11 Å². The summed E-state index contributed by atoms with van der Waals surface area (Å²) < 4.78 is 0. The lowest BCUT2D eigenvalue weighted by atomic mass is 10.0. The molecule has 3 heteroatoms. The van der Waals surface area contributed by atoms with Gasteiger partial charge in [-0.2, -0.15) is 0 Å². The molecule has 1 unspecified atom stereocenters. The van der Waals surface area contributed by atoms with E-state index < -0.39 is 6.10 Å². The smallest absolute Gasteiger partial charge is 0.0977 e. The zero-order valence-electron chi connectivity index (χ0n) is 7.44. The molecule has 1 rings (SSSR count). The number of nitrogens with zero attached hydrogens (tertiary/aromatic N) is 2. The van der Waals surface area contributed by atoms with Crippen LogP contribution in [-0.4, -0.2) is 15.1 Å². The summed E-state index contributed by atoms with van der Waals surface area (Å²) in [5.74, 6) is 0.474. The van der Waals surface area contributed by atoms with Crippen LogP contribution in [0.3, 0.4) is 0 Å². The summed E-state index contributed by atoms with van der Waals surface area (Å²) in [5.41, 5.74) is 0.659. The van der Waals surface area contributed by atoms with Gasteiger partial charge in [-0.15, -0.1) is 0 Å². The molecule has 0 fully saturated rings. The van der Waals surface area contributed by atoms with Crippen LogP contribution in [0.25, 0.3) is 0 Å². The molecule has 3 nitrogen and oxygen atoms in total. The second-order valence-electron chi connectivity index (χ2n) is 3.28. The maximum atomic E-state index is 9.59. The average Bonchev–Trinajstić information content (AvgIpc) is 2.05. The Balaban J connectivity index is 2.59. The Kier molecular flexibility index (Phi) is 3.17. The van der Waals surface area contributed by atoms with Gasteiger partial charge in [0.1, 0.15) is 0 Å². The van der Waals surface area contributed by atoms with Gasteiger partial charge in [0, 0.05) is 12.4 Å². The zero-order valence-corrected chi connectivity index (χ0v) is 7.44. The van der Waals surface area contributed by atoms with Gasteiger partial charge < -0.3 is 5.11 Å². The van der Waals surface area contributed by atoms with Crippen LogP contribution in [0.15, 0.2) is 18.6 Å². The number of aliphatic hydroxyl groups excluding tert-OH is 1. The molecule has 0 amide bonds. The second kappa shape index (κ2) is 4.16. The highest BCUT2D eigenvalue weighted by Gasteiger charge is 2.10. The lowest BCUT2D eigenvalue weighted by molar-refractivity contribution is 0.146. The van der Waals surface area contributed by atoms with Crippen molar-refractivity contribution in [1.29, 1.82) is 0 Å². The molecule has 0 bridgehead atoms. The van der Waals surface area contributed by atoms with Gasteiger partial charge in [0.25, 0.3) is 0 Å². The molecule has 0 saturated carbocycles. The third-order valence-corrected chi connectivity index (χ3v) is 1.62. The van der Waals surface area contributed by atoms with Crippen LogP contribution in [0.2, 0.25) is 0 Å². The highest BCUT2D eigenvalue weighted by Crippen LogP contribution is 2.17. The molecule has 0 spiro atoms. The summed E-state index contributed by atoms with van der Waals surface area (Å²) >= 11 is 0. The normalized spacial score (nSPS) is 13.3. The summed E-state index contributed by atoms with van der Waals surface area (Å²) in [7, 11) is 0. The Morgan fingerprint density at radius 1 is 1.42 bits per heavy atom. The van der Waals surface area contributed by atoms with Gasteiger partial charge in [0.15, 0.2) is 0 Å². The molecule has 12 heavy (non-hydrogen) atoms. The van der Waals surface area contributed by atoms with Crippen LogP contribution in [0, 0.1) is 5.92 Å². The molecule has 0 radical (unpaired) electrons. The van der Waals surface area contributed by atoms with Gasteiger partial charge in [-0.1, -0.05) is 13.8 Å². The summed E-state index contributed by atoms with van der Waals surface area (Å²) in [6.45, 7) is 4.14. The third-order valence-electron chi connectivity index (χ3n) is 1.62. The third kappa shape index (κ3) is 2.58. The van der Waals surface area contributed by atoms with E-state index in [0.29, 0.717) is 11.6 Å². The topological polar surface area (TPSA) is 46.0 Å². The average molecular weight is 166 g/mol. The van der Waals surface area contributed by atoms with Crippen LogP contribution in [0.5, 0.6) is 0 Å². The van der Waals surface area contributed by atoms with Crippen molar-refractivity contribution in [2.45, 2.75) is 26.4 Å². The quantitative estimate of drug-likeness (QED) is 0.741. The number of aromatic nitrogens is 2. The molecule has 1 N–H and O–H groups in total. The predicted octanol–water partition coefficient (Wildman–Crippen LogP) is 1.56. The van der Waals surface area contributed by atoms with Crippen molar-refractivity contribution in [3.8, 4) is 0 Å².